The Bertz CT molecular complexity index is 228. The zero-order valence-corrected chi connectivity index (χ0v) is 7.65. The van der Waals surface area contributed by atoms with E-state index < -0.39 is 12.0 Å². The molecule has 74 valence electrons. The number of esters is 2. The van der Waals surface area contributed by atoms with E-state index in [2.05, 4.69) is 9.47 Å². The molecule has 3 atom stereocenters. The summed E-state index contributed by atoms with van der Waals surface area (Å²) in [5.41, 5.74) is 5.53. The van der Waals surface area contributed by atoms with Gasteiger partial charge in [0, 0.05) is 0 Å². The summed E-state index contributed by atoms with van der Waals surface area (Å²) in [6.45, 7) is 0. The van der Waals surface area contributed by atoms with Gasteiger partial charge in [-0.1, -0.05) is 0 Å². The molecule has 0 aromatic rings. The number of hydrogen-bond acceptors (Lipinski definition) is 5. The molecule has 0 saturated heterocycles. The number of rotatable bonds is 3. The average molecular weight is 187 g/mol. The SMILES string of the molecule is COC(=O)[C@H]1C[C@@H]1[C@@H](N)C(=O)OC. The Morgan fingerprint density at radius 2 is 2.00 bits per heavy atom. The van der Waals surface area contributed by atoms with Crippen LogP contribution in [0.25, 0.3) is 0 Å². The molecule has 1 fully saturated rings. The Balaban J connectivity index is 2.42. The van der Waals surface area contributed by atoms with E-state index in [0.29, 0.717) is 6.42 Å². The van der Waals surface area contributed by atoms with Crippen LogP contribution >= 0.6 is 0 Å². The fourth-order valence-electron chi connectivity index (χ4n) is 1.34. The smallest absolute Gasteiger partial charge is 0.322 e. The van der Waals surface area contributed by atoms with Crippen LogP contribution in [0.4, 0.5) is 0 Å². The first-order valence-corrected chi connectivity index (χ1v) is 4.03. The number of hydrogen-bond donors (Lipinski definition) is 1. The van der Waals surface area contributed by atoms with Gasteiger partial charge in [0.1, 0.15) is 6.04 Å². The fourth-order valence-corrected chi connectivity index (χ4v) is 1.34. The monoisotopic (exact) mass is 187 g/mol. The standard InChI is InChI=1S/C8H13NO4/c1-12-7(10)5-3-4(5)6(9)8(11)13-2/h4-6H,3,9H2,1-2H3/t4-,5-,6+/m0/s1. The second kappa shape index (κ2) is 3.74. The summed E-state index contributed by atoms with van der Waals surface area (Å²) in [5, 5.41) is 0. The molecule has 13 heavy (non-hydrogen) atoms. The summed E-state index contributed by atoms with van der Waals surface area (Å²) in [7, 11) is 2.60. The lowest BCUT2D eigenvalue weighted by Crippen LogP contribution is -2.34. The van der Waals surface area contributed by atoms with Gasteiger partial charge in [-0.15, -0.1) is 0 Å². The molecule has 0 bridgehead atoms. The van der Waals surface area contributed by atoms with E-state index in [1.54, 1.807) is 0 Å². The molecule has 2 N–H and O–H groups in total. The highest BCUT2D eigenvalue weighted by Crippen LogP contribution is 2.41. The summed E-state index contributed by atoms with van der Waals surface area (Å²) < 4.78 is 8.98. The lowest BCUT2D eigenvalue weighted by molar-refractivity contribution is -0.144. The van der Waals surface area contributed by atoms with Crippen LogP contribution in [-0.4, -0.2) is 32.2 Å². The largest absolute Gasteiger partial charge is 0.469 e. The zero-order valence-electron chi connectivity index (χ0n) is 7.65. The van der Waals surface area contributed by atoms with Crippen LogP contribution in [0.5, 0.6) is 0 Å². The zero-order chi connectivity index (χ0) is 10.0. The lowest BCUT2D eigenvalue weighted by Gasteiger charge is -2.07. The van der Waals surface area contributed by atoms with Crippen LogP contribution in [-0.2, 0) is 19.1 Å². The summed E-state index contributed by atoms with van der Waals surface area (Å²) >= 11 is 0. The normalized spacial score (nSPS) is 27.6. The van der Waals surface area contributed by atoms with Crippen molar-refractivity contribution in [1.29, 1.82) is 0 Å². The van der Waals surface area contributed by atoms with Gasteiger partial charge in [0.2, 0.25) is 0 Å². The van der Waals surface area contributed by atoms with Gasteiger partial charge >= 0.3 is 11.9 Å². The second-order valence-electron chi connectivity index (χ2n) is 3.08. The number of nitrogens with two attached hydrogens (primary N) is 1. The lowest BCUT2D eigenvalue weighted by atomic mass is 10.1. The highest BCUT2D eigenvalue weighted by atomic mass is 16.5. The molecular weight excluding hydrogens is 174 g/mol. The third kappa shape index (κ3) is 1.98. The minimum atomic E-state index is -0.700. The van der Waals surface area contributed by atoms with Gasteiger partial charge in [-0.3, -0.25) is 9.59 Å². The van der Waals surface area contributed by atoms with Gasteiger partial charge in [-0.2, -0.15) is 0 Å². The molecule has 5 nitrogen and oxygen atoms in total. The van der Waals surface area contributed by atoms with E-state index in [-0.39, 0.29) is 17.8 Å². The summed E-state index contributed by atoms with van der Waals surface area (Å²) in [5.74, 6) is -1.11. The van der Waals surface area contributed by atoms with Crippen LogP contribution in [0.1, 0.15) is 6.42 Å². The Labute approximate surface area is 76.2 Å². The third-order valence-electron chi connectivity index (χ3n) is 2.28. The van der Waals surface area contributed by atoms with Gasteiger partial charge in [-0.25, -0.2) is 0 Å². The van der Waals surface area contributed by atoms with Crippen LogP contribution in [0, 0.1) is 11.8 Å². The van der Waals surface area contributed by atoms with Gasteiger partial charge < -0.3 is 15.2 Å². The Hall–Kier alpha value is -1.10. The summed E-state index contributed by atoms with van der Waals surface area (Å²) in [6, 6.07) is -0.700. The van der Waals surface area contributed by atoms with E-state index in [9.17, 15) is 9.59 Å². The molecule has 0 spiro atoms. The first-order valence-electron chi connectivity index (χ1n) is 4.03. The second-order valence-corrected chi connectivity index (χ2v) is 3.08. The molecule has 0 heterocycles. The van der Waals surface area contributed by atoms with Crippen LogP contribution < -0.4 is 5.73 Å². The molecule has 0 unspecified atom stereocenters. The number of methoxy groups -OCH3 is 2. The van der Waals surface area contributed by atoms with Crippen LogP contribution in [0.3, 0.4) is 0 Å². The van der Waals surface area contributed by atoms with Gasteiger partial charge in [-0.05, 0) is 12.3 Å². The first-order chi connectivity index (χ1) is 6.11. The Kier molecular flexibility index (Phi) is 2.87. The Morgan fingerprint density at radius 1 is 1.38 bits per heavy atom. The molecule has 5 heteroatoms. The molecule has 0 radical (unpaired) electrons. The molecule has 0 amide bonds. The number of carbonyl (C=O) groups excluding carboxylic acids is 2. The van der Waals surface area contributed by atoms with Gasteiger partial charge in [0.15, 0.2) is 0 Å². The van der Waals surface area contributed by atoms with Crippen molar-refractivity contribution in [2.24, 2.45) is 17.6 Å². The highest BCUT2D eigenvalue weighted by molar-refractivity contribution is 5.81. The fraction of sp³-hybridized carbons (Fsp3) is 0.750. The molecule has 1 rings (SSSR count). The molecule has 0 aromatic heterocycles. The van der Waals surface area contributed by atoms with Crippen LogP contribution in [0.15, 0.2) is 0 Å². The molecule has 1 aliphatic rings. The van der Waals surface area contributed by atoms with E-state index in [4.69, 9.17) is 5.73 Å². The topological polar surface area (TPSA) is 78.6 Å². The van der Waals surface area contributed by atoms with Crippen molar-refractivity contribution in [1.82, 2.24) is 0 Å². The van der Waals surface area contributed by atoms with Crippen molar-refractivity contribution >= 4 is 11.9 Å². The summed E-state index contributed by atoms with van der Waals surface area (Å²) in [6.07, 6.45) is 0.614. The van der Waals surface area contributed by atoms with E-state index in [1.807, 2.05) is 0 Å². The number of carbonyl (C=O) groups is 2. The van der Waals surface area contributed by atoms with Crippen molar-refractivity contribution in [3.63, 3.8) is 0 Å². The quantitative estimate of drug-likeness (QED) is 0.591. The predicted molar refractivity (Wildman–Crippen MR) is 43.6 cm³/mol. The average Bonchev–Trinajstić information content (AvgIpc) is 2.93. The van der Waals surface area contributed by atoms with Gasteiger partial charge in [0.25, 0.3) is 0 Å². The minimum Gasteiger partial charge on any atom is -0.469 e. The van der Waals surface area contributed by atoms with Crippen molar-refractivity contribution in [2.45, 2.75) is 12.5 Å². The maximum Gasteiger partial charge on any atom is 0.322 e. The van der Waals surface area contributed by atoms with E-state index in [1.165, 1.54) is 14.2 Å². The van der Waals surface area contributed by atoms with Crippen molar-refractivity contribution in [2.75, 3.05) is 14.2 Å². The van der Waals surface area contributed by atoms with Crippen molar-refractivity contribution in [3.05, 3.63) is 0 Å². The molecule has 1 saturated carbocycles. The Morgan fingerprint density at radius 3 is 2.46 bits per heavy atom. The van der Waals surface area contributed by atoms with Crippen molar-refractivity contribution < 1.29 is 19.1 Å². The predicted octanol–water partition coefficient (Wildman–Crippen LogP) is -0.704. The first kappa shape index (κ1) is 9.98. The maximum atomic E-state index is 11.0. The van der Waals surface area contributed by atoms with Gasteiger partial charge in [0.05, 0.1) is 20.1 Å². The van der Waals surface area contributed by atoms with E-state index in [0.717, 1.165) is 0 Å². The maximum absolute atomic E-state index is 11.0. The molecule has 0 aliphatic heterocycles. The molecule has 0 aromatic carbocycles. The van der Waals surface area contributed by atoms with E-state index >= 15 is 0 Å². The van der Waals surface area contributed by atoms with Crippen LogP contribution in [0.2, 0.25) is 0 Å². The van der Waals surface area contributed by atoms with Crippen molar-refractivity contribution in [3.8, 4) is 0 Å². The molecular formula is C8H13NO4. The third-order valence-corrected chi connectivity index (χ3v) is 2.28. The summed E-state index contributed by atoms with van der Waals surface area (Å²) in [4.78, 5) is 21.9. The number of ether oxygens (including phenoxy) is 2. The highest BCUT2D eigenvalue weighted by Gasteiger charge is 2.50. The minimum absolute atomic E-state index is 0.111. The molecule has 1 aliphatic carbocycles.